The lowest BCUT2D eigenvalue weighted by Crippen LogP contribution is -2.14. The maximum absolute atomic E-state index is 11.4. The Morgan fingerprint density at radius 2 is 1.40 bits per heavy atom. The van der Waals surface area contributed by atoms with E-state index in [-0.39, 0.29) is 17.8 Å². The van der Waals surface area contributed by atoms with E-state index >= 15 is 0 Å². The zero-order chi connectivity index (χ0) is 15.7. The van der Waals surface area contributed by atoms with Crippen molar-refractivity contribution in [3.05, 3.63) is 36.5 Å². The van der Waals surface area contributed by atoms with Crippen LogP contribution < -0.4 is 0 Å². The molecule has 0 saturated heterocycles. The molecule has 0 amide bonds. The first-order valence-corrected chi connectivity index (χ1v) is 6.18. The molecular weight excluding hydrogens is 260 g/mol. The molecule has 5 heteroatoms. The maximum Gasteiger partial charge on any atom is 0.341 e. The van der Waals surface area contributed by atoms with Crippen LogP contribution in [0.5, 0.6) is 0 Å². The number of ether oxygens (including phenoxy) is 2. The van der Waals surface area contributed by atoms with E-state index in [0.717, 1.165) is 0 Å². The zero-order valence-corrected chi connectivity index (χ0v) is 12.0. The van der Waals surface area contributed by atoms with Gasteiger partial charge in [-0.3, -0.25) is 0 Å². The second kappa shape index (κ2) is 8.85. The molecule has 110 valence electrons. The molecule has 0 N–H and O–H groups in total. The standard InChI is InChI=1S/C15H20O5/c1-10(2)13(16)19-9-7-6-8-12(5)15(18)20-14(17)11(3)4/h1,3,5-9H2,2,4H3. The van der Waals surface area contributed by atoms with Crippen molar-refractivity contribution in [2.45, 2.75) is 33.1 Å². The van der Waals surface area contributed by atoms with Crippen LogP contribution in [0.2, 0.25) is 0 Å². The lowest BCUT2D eigenvalue weighted by molar-refractivity contribution is -0.154. The van der Waals surface area contributed by atoms with Crippen molar-refractivity contribution in [2.24, 2.45) is 0 Å². The molecule has 0 fully saturated rings. The molecule has 5 nitrogen and oxygen atoms in total. The summed E-state index contributed by atoms with van der Waals surface area (Å²) in [5, 5.41) is 0. The van der Waals surface area contributed by atoms with Gasteiger partial charge in [-0.15, -0.1) is 0 Å². The number of esters is 3. The lowest BCUT2D eigenvalue weighted by atomic mass is 10.1. The summed E-state index contributed by atoms with van der Waals surface area (Å²) in [6.45, 7) is 13.7. The van der Waals surface area contributed by atoms with E-state index in [0.29, 0.717) is 24.8 Å². The molecule has 0 bridgehead atoms. The van der Waals surface area contributed by atoms with Gasteiger partial charge in [-0.2, -0.15) is 0 Å². The van der Waals surface area contributed by atoms with Crippen molar-refractivity contribution in [1.82, 2.24) is 0 Å². The number of carbonyl (C=O) groups is 3. The van der Waals surface area contributed by atoms with E-state index in [2.05, 4.69) is 24.5 Å². The summed E-state index contributed by atoms with van der Waals surface area (Å²) in [4.78, 5) is 33.6. The maximum atomic E-state index is 11.4. The van der Waals surface area contributed by atoms with Crippen LogP contribution in [0.25, 0.3) is 0 Å². The molecule has 0 aliphatic rings. The average Bonchev–Trinajstić information content (AvgIpc) is 2.37. The quantitative estimate of drug-likeness (QED) is 0.296. The normalized spacial score (nSPS) is 9.50. The third-order valence-corrected chi connectivity index (χ3v) is 2.28. The van der Waals surface area contributed by atoms with Crippen LogP contribution in [0.3, 0.4) is 0 Å². The molecule has 0 saturated carbocycles. The van der Waals surface area contributed by atoms with Crippen LogP contribution in [0.15, 0.2) is 36.5 Å². The highest BCUT2D eigenvalue weighted by Gasteiger charge is 2.14. The number of hydrogen-bond acceptors (Lipinski definition) is 5. The van der Waals surface area contributed by atoms with Crippen molar-refractivity contribution in [3.8, 4) is 0 Å². The average molecular weight is 280 g/mol. The van der Waals surface area contributed by atoms with Gasteiger partial charge in [0.15, 0.2) is 0 Å². The van der Waals surface area contributed by atoms with Gasteiger partial charge in [0.25, 0.3) is 0 Å². The summed E-state index contributed by atoms with van der Waals surface area (Å²) in [7, 11) is 0. The van der Waals surface area contributed by atoms with Gasteiger partial charge < -0.3 is 9.47 Å². The molecule has 0 aliphatic heterocycles. The summed E-state index contributed by atoms with van der Waals surface area (Å²) >= 11 is 0. The fourth-order valence-electron chi connectivity index (χ4n) is 1.07. The van der Waals surface area contributed by atoms with Crippen molar-refractivity contribution in [2.75, 3.05) is 6.61 Å². The number of carbonyl (C=O) groups excluding carboxylic acids is 3. The molecule has 0 spiro atoms. The summed E-state index contributed by atoms with van der Waals surface area (Å²) < 4.78 is 9.42. The molecule has 0 aromatic carbocycles. The highest BCUT2D eigenvalue weighted by atomic mass is 16.6. The Morgan fingerprint density at radius 1 is 0.850 bits per heavy atom. The Hall–Kier alpha value is -2.17. The SMILES string of the molecule is C=C(C)C(=O)OCCCCC(=C)C(=O)OC(=O)C(=C)C. The minimum absolute atomic E-state index is 0.151. The fraction of sp³-hybridized carbons (Fsp3) is 0.400. The summed E-state index contributed by atoms with van der Waals surface area (Å²) in [5.41, 5.74) is 0.694. The van der Waals surface area contributed by atoms with Crippen LogP contribution in [-0.2, 0) is 23.9 Å². The smallest absolute Gasteiger partial charge is 0.341 e. The van der Waals surface area contributed by atoms with Crippen molar-refractivity contribution < 1.29 is 23.9 Å². The summed E-state index contributed by atoms with van der Waals surface area (Å²) in [5.74, 6) is -1.95. The van der Waals surface area contributed by atoms with Gasteiger partial charge in [0.1, 0.15) is 0 Å². The van der Waals surface area contributed by atoms with E-state index in [1.807, 2.05) is 0 Å². The van der Waals surface area contributed by atoms with Gasteiger partial charge in [-0.05, 0) is 33.1 Å². The second-order valence-corrected chi connectivity index (χ2v) is 4.43. The summed E-state index contributed by atoms with van der Waals surface area (Å²) in [6, 6.07) is 0. The van der Waals surface area contributed by atoms with Gasteiger partial charge in [0.2, 0.25) is 0 Å². The first kappa shape index (κ1) is 17.8. The topological polar surface area (TPSA) is 69.7 Å². The van der Waals surface area contributed by atoms with Crippen LogP contribution in [0, 0.1) is 0 Å². The largest absolute Gasteiger partial charge is 0.462 e. The molecular formula is C15H20O5. The third-order valence-electron chi connectivity index (χ3n) is 2.28. The number of hydrogen-bond donors (Lipinski definition) is 0. The van der Waals surface area contributed by atoms with Crippen molar-refractivity contribution in [1.29, 1.82) is 0 Å². The molecule has 0 heterocycles. The minimum atomic E-state index is -0.758. The first-order valence-electron chi connectivity index (χ1n) is 6.18. The molecule has 0 atom stereocenters. The van der Waals surface area contributed by atoms with Gasteiger partial charge in [-0.1, -0.05) is 19.7 Å². The Kier molecular flexibility index (Phi) is 7.89. The first-order chi connectivity index (χ1) is 9.25. The van der Waals surface area contributed by atoms with E-state index in [9.17, 15) is 14.4 Å². The lowest BCUT2D eigenvalue weighted by Gasteiger charge is -2.06. The molecule has 0 radical (unpaired) electrons. The van der Waals surface area contributed by atoms with Crippen LogP contribution in [-0.4, -0.2) is 24.5 Å². The molecule has 0 aromatic rings. The Labute approximate surface area is 118 Å². The van der Waals surface area contributed by atoms with Gasteiger partial charge in [-0.25, -0.2) is 14.4 Å². The van der Waals surface area contributed by atoms with Crippen molar-refractivity contribution >= 4 is 17.9 Å². The Bertz CT molecular complexity index is 445. The Balaban J connectivity index is 3.86. The summed E-state index contributed by atoms with van der Waals surface area (Å²) in [6.07, 6.45) is 1.55. The highest BCUT2D eigenvalue weighted by molar-refractivity contribution is 6.00. The van der Waals surface area contributed by atoms with Crippen LogP contribution in [0.4, 0.5) is 0 Å². The molecule has 0 aromatic heterocycles. The zero-order valence-electron chi connectivity index (χ0n) is 12.0. The molecule has 0 rings (SSSR count). The minimum Gasteiger partial charge on any atom is -0.462 e. The van der Waals surface area contributed by atoms with Crippen molar-refractivity contribution in [3.63, 3.8) is 0 Å². The van der Waals surface area contributed by atoms with Crippen LogP contribution >= 0.6 is 0 Å². The highest BCUT2D eigenvalue weighted by Crippen LogP contribution is 2.09. The van der Waals surface area contributed by atoms with Gasteiger partial charge >= 0.3 is 17.9 Å². The molecule has 0 unspecified atom stereocenters. The Morgan fingerprint density at radius 3 is 1.90 bits per heavy atom. The van der Waals surface area contributed by atoms with Gasteiger partial charge in [0.05, 0.1) is 6.61 Å². The fourth-order valence-corrected chi connectivity index (χ4v) is 1.07. The number of rotatable bonds is 8. The van der Waals surface area contributed by atoms with E-state index < -0.39 is 17.9 Å². The second-order valence-electron chi connectivity index (χ2n) is 4.43. The van der Waals surface area contributed by atoms with Crippen LogP contribution in [0.1, 0.15) is 33.1 Å². The predicted molar refractivity (Wildman–Crippen MR) is 74.7 cm³/mol. The predicted octanol–water partition coefficient (Wildman–Crippen LogP) is 2.48. The van der Waals surface area contributed by atoms with E-state index in [1.54, 1.807) is 6.92 Å². The molecule has 0 aliphatic carbocycles. The van der Waals surface area contributed by atoms with E-state index in [1.165, 1.54) is 6.92 Å². The molecule has 20 heavy (non-hydrogen) atoms. The van der Waals surface area contributed by atoms with Gasteiger partial charge in [0, 0.05) is 16.7 Å². The monoisotopic (exact) mass is 280 g/mol. The third kappa shape index (κ3) is 7.31. The number of unbranched alkanes of at least 4 members (excludes halogenated alkanes) is 1. The van der Waals surface area contributed by atoms with E-state index in [4.69, 9.17) is 4.74 Å².